The van der Waals surface area contributed by atoms with Gasteiger partial charge in [-0.2, -0.15) is 0 Å². The van der Waals surface area contributed by atoms with E-state index in [0.29, 0.717) is 27.6 Å². The van der Waals surface area contributed by atoms with Gasteiger partial charge in [-0.05, 0) is 43.7 Å². The molecule has 0 amide bonds. The van der Waals surface area contributed by atoms with E-state index in [4.69, 9.17) is 16.6 Å². The number of nitrogens with one attached hydrogen (secondary N) is 1. The Morgan fingerprint density at radius 1 is 1.35 bits per heavy atom. The summed E-state index contributed by atoms with van der Waals surface area (Å²) in [4.78, 5) is 21.8. The Balaban J connectivity index is 2.36. The number of fused-ring (bicyclic) bond motifs is 1. The van der Waals surface area contributed by atoms with Crippen molar-refractivity contribution in [1.29, 1.82) is 0 Å². The highest BCUT2D eigenvalue weighted by atomic mass is 35.5. The van der Waals surface area contributed by atoms with Gasteiger partial charge in [-0.25, -0.2) is 9.97 Å². The monoisotopic (exact) mass is 328 g/mol. The predicted molar refractivity (Wildman–Crippen MR) is 94.1 cm³/mol. The van der Waals surface area contributed by atoms with Crippen LogP contribution >= 0.6 is 11.6 Å². The van der Waals surface area contributed by atoms with Crippen LogP contribution in [0.5, 0.6) is 0 Å². The minimum Gasteiger partial charge on any atom is -0.370 e. The van der Waals surface area contributed by atoms with Crippen molar-refractivity contribution in [2.75, 3.05) is 11.9 Å². The van der Waals surface area contributed by atoms with Crippen molar-refractivity contribution >= 4 is 28.3 Å². The summed E-state index contributed by atoms with van der Waals surface area (Å²) in [5.74, 6) is 1.29. The van der Waals surface area contributed by atoms with Crippen LogP contribution in [0, 0.1) is 6.92 Å². The zero-order valence-corrected chi connectivity index (χ0v) is 14.0. The second-order valence-electron chi connectivity index (χ2n) is 5.35. The second-order valence-corrected chi connectivity index (χ2v) is 5.78. The molecule has 0 fully saturated rings. The normalized spacial score (nSPS) is 11.0. The van der Waals surface area contributed by atoms with Crippen LogP contribution in [0.2, 0.25) is 5.02 Å². The van der Waals surface area contributed by atoms with Crippen LogP contribution < -0.4 is 10.9 Å². The maximum absolute atomic E-state index is 12.7. The fourth-order valence-electron chi connectivity index (χ4n) is 2.64. The van der Waals surface area contributed by atoms with Crippen molar-refractivity contribution in [3.05, 3.63) is 51.4 Å². The summed E-state index contributed by atoms with van der Waals surface area (Å²) < 4.78 is 1.54. The number of pyridine rings is 1. The first-order chi connectivity index (χ1) is 11.0. The Kier molecular flexibility index (Phi) is 4.05. The highest BCUT2D eigenvalue weighted by molar-refractivity contribution is 6.31. The first-order valence-corrected chi connectivity index (χ1v) is 7.77. The molecule has 0 unspecified atom stereocenters. The molecule has 0 radical (unpaired) electrons. The molecule has 1 N–H and O–H groups in total. The van der Waals surface area contributed by atoms with Gasteiger partial charge in [-0.15, -0.1) is 0 Å². The van der Waals surface area contributed by atoms with Crippen LogP contribution in [0.1, 0.15) is 12.5 Å². The minimum absolute atomic E-state index is 0.123. The van der Waals surface area contributed by atoms with Crippen molar-refractivity contribution < 1.29 is 0 Å². The SMILES string of the molecule is CCNc1ncccc1-c1nc2c(C)cc(Cl)cc2c(=O)n1C. The number of rotatable bonds is 3. The summed E-state index contributed by atoms with van der Waals surface area (Å²) in [7, 11) is 1.71. The van der Waals surface area contributed by atoms with E-state index >= 15 is 0 Å². The van der Waals surface area contributed by atoms with E-state index in [1.165, 1.54) is 4.57 Å². The Hall–Kier alpha value is -2.40. The third kappa shape index (κ3) is 2.68. The van der Waals surface area contributed by atoms with Gasteiger partial charge in [-0.3, -0.25) is 9.36 Å². The lowest BCUT2D eigenvalue weighted by molar-refractivity contribution is 0.854. The van der Waals surface area contributed by atoms with Crippen LogP contribution in [0.25, 0.3) is 22.3 Å². The van der Waals surface area contributed by atoms with Gasteiger partial charge >= 0.3 is 0 Å². The molecule has 0 bridgehead atoms. The van der Waals surface area contributed by atoms with Crippen molar-refractivity contribution in [3.8, 4) is 11.4 Å². The largest absolute Gasteiger partial charge is 0.370 e. The molecule has 6 heteroatoms. The van der Waals surface area contributed by atoms with Gasteiger partial charge in [0.25, 0.3) is 5.56 Å². The number of anilines is 1. The van der Waals surface area contributed by atoms with Crippen molar-refractivity contribution in [2.45, 2.75) is 13.8 Å². The topological polar surface area (TPSA) is 59.8 Å². The maximum Gasteiger partial charge on any atom is 0.261 e. The van der Waals surface area contributed by atoms with Crippen LogP contribution in [0.4, 0.5) is 5.82 Å². The summed E-state index contributed by atoms with van der Waals surface area (Å²) in [6.45, 7) is 4.64. The Bertz CT molecular complexity index is 949. The molecule has 0 aliphatic heterocycles. The number of hydrogen-bond acceptors (Lipinski definition) is 4. The number of benzene rings is 1. The Morgan fingerprint density at radius 3 is 2.87 bits per heavy atom. The molecule has 2 heterocycles. The van der Waals surface area contributed by atoms with E-state index < -0.39 is 0 Å². The molecule has 23 heavy (non-hydrogen) atoms. The lowest BCUT2D eigenvalue weighted by Crippen LogP contribution is -2.21. The predicted octanol–water partition coefficient (Wildman–Crippen LogP) is 3.39. The third-order valence-electron chi connectivity index (χ3n) is 3.73. The van der Waals surface area contributed by atoms with Crippen LogP contribution in [0.15, 0.2) is 35.3 Å². The summed E-state index contributed by atoms with van der Waals surface area (Å²) in [6.07, 6.45) is 1.71. The molecule has 3 aromatic rings. The summed E-state index contributed by atoms with van der Waals surface area (Å²) in [6, 6.07) is 7.22. The van der Waals surface area contributed by atoms with Gasteiger partial charge in [0.05, 0.1) is 16.5 Å². The maximum atomic E-state index is 12.7. The first kappa shape index (κ1) is 15.5. The van der Waals surface area contributed by atoms with Gasteiger partial charge in [0.15, 0.2) is 0 Å². The quantitative estimate of drug-likeness (QED) is 0.800. The van der Waals surface area contributed by atoms with Crippen LogP contribution in [0.3, 0.4) is 0 Å². The average Bonchev–Trinajstić information content (AvgIpc) is 2.52. The highest BCUT2D eigenvalue weighted by Gasteiger charge is 2.15. The fourth-order valence-corrected chi connectivity index (χ4v) is 2.91. The zero-order chi connectivity index (χ0) is 16.6. The number of aryl methyl sites for hydroxylation is 1. The molecule has 1 aromatic carbocycles. The van der Waals surface area contributed by atoms with E-state index in [1.54, 1.807) is 19.3 Å². The van der Waals surface area contributed by atoms with Gasteiger partial charge in [0.1, 0.15) is 11.6 Å². The van der Waals surface area contributed by atoms with E-state index in [1.807, 2.05) is 32.0 Å². The zero-order valence-electron chi connectivity index (χ0n) is 13.2. The lowest BCUT2D eigenvalue weighted by atomic mass is 10.1. The summed E-state index contributed by atoms with van der Waals surface area (Å²) in [5, 5.41) is 4.27. The van der Waals surface area contributed by atoms with Crippen molar-refractivity contribution in [3.63, 3.8) is 0 Å². The molecule has 0 aliphatic carbocycles. The van der Waals surface area contributed by atoms with Gasteiger partial charge in [-0.1, -0.05) is 11.6 Å². The average molecular weight is 329 g/mol. The molecular formula is C17H17ClN4O. The van der Waals surface area contributed by atoms with Gasteiger partial charge in [0.2, 0.25) is 0 Å². The van der Waals surface area contributed by atoms with Crippen LogP contribution in [-0.2, 0) is 7.05 Å². The van der Waals surface area contributed by atoms with E-state index in [9.17, 15) is 4.79 Å². The number of nitrogens with zero attached hydrogens (tertiary/aromatic N) is 3. The standard InChI is InChI=1S/C17H17ClN4O/c1-4-19-15-12(6-5-7-20-15)16-21-14-10(2)8-11(18)9-13(14)17(23)22(16)3/h5-9H,4H2,1-3H3,(H,19,20). The smallest absolute Gasteiger partial charge is 0.261 e. The molecule has 2 aromatic heterocycles. The van der Waals surface area contributed by atoms with Crippen molar-refractivity contribution in [1.82, 2.24) is 14.5 Å². The molecule has 0 spiro atoms. The summed E-state index contributed by atoms with van der Waals surface area (Å²) in [5.41, 5.74) is 2.21. The molecule has 0 saturated carbocycles. The van der Waals surface area contributed by atoms with E-state index in [0.717, 1.165) is 17.7 Å². The Labute approximate surface area is 139 Å². The summed E-state index contributed by atoms with van der Waals surface area (Å²) >= 11 is 6.08. The number of hydrogen-bond donors (Lipinski definition) is 1. The lowest BCUT2D eigenvalue weighted by Gasteiger charge is -2.14. The van der Waals surface area contributed by atoms with Crippen LogP contribution in [-0.4, -0.2) is 21.1 Å². The van der Waals surface area contributed by atoms with Crippen molar-refractivity contribution in [2.24, 2.45) is 7.05 Å². The van der Waals surface area contributed by atoms with Gasteiger partial charge in [0, 0.05) is 24.8 Å². The third-order valence-corrected chi connectivity index (χ3v) is 3.95. The minimum atomic E-state index is -0.123. The molecule has 0 aliphatic rings. The molecule has 0 atom stereocenters. The van der Waals surface area contributed by atoms with E-state index in [2.05, 4.69) is 10.3 Å². The molecule has 118 valence electrons. The Morgan fingerprint density at radius 2 is 2.13 bits per heavy atom. The molecule has 0 saturated heterocycles. The molecule has 3 rings (SSSR count). The second kappa shape index (κ2) is 6.01. The number of aromatic nitrogens is 3. The van der Waals surface area contributed by atoms with Gasteiger partial charge < -0.3 is 5.32 Å². The first-order valence-electron chi connectivity index (χ1n) is 7.39. The molecule has 5 nitrogen and oxygen atoms in total. The fraction of sp³-hybridized carbons (Fsp3) is 0.235. The number of halogens is 1. The highest BCUT2D eigenvalue weighted by Crippen LogP contribution is 2.26. The molecular weight excluding hydrogens is 312 g/mol. The van der Waals surface area contributed by atoms with E-state index in [-0.39, 0.29) is 5.56 Å².